The summed E-state index contributed by atoms with van der Waals surface area (Å²) in [5.41, 5.74) is 20.0. The Morgan fingerprint density at radius 1 is 0.345 bits per heavy atom. The number of rotatable bonds is 9. The van der Waals surface area contributed by atoms with E-state index in [0.717, 1.165) is 47.3 Å². The Morgan fingerprint density at radius 3 is 1.34 bits per heavy atom. The standard InChI is InChI=1S/C15H21N.4C15H20O.C15H20S.C14H18O2.C13H16S.C12H16S/c2*1-10(2)14-11(3)12-8-6-7-9-13(12)16-15(14,4)5;1-10(2)13-14(16)12-8-6-5-7-11(12)9-15(13,3)4;1-10(2)14-13(16)9-11-7-5-6-8-12(11)15(14,3)4;1-10(2)13-9-11-7-5-6-8-12(11)14(16)15(13,3)4;1-10(2)14-11(3)12-8-6-7-9-13(12)16-15(14,4)5;1-9(2)13-14(3,4)12(15)10-7-5-6-8-11(10)16-13;1-9(2)12-8-14-13-7-5-4-6-11(13)10(12)3;1-9(2)11-7-10-5-3-4-6-12(10)13-8-11/h6-10,14,16H,3H2,1-2,4-5H3;6-10,14H,3H2,1-2,4-5H3;5-8,10,13H,9H2,1-4H3;5-8,10,14H,9H2,1-4H3;5-8,10,13H,9H2,1-4H3;6-10,14H,3H2,1-2,4-5H3;5-9,13H,1-4H3;4-7,9,12H,3,8H2,1-2H3;3-6,9,11H,7-8H2,1-2H3. The summed E-state index contributed by atoms with van der Waals surface area (Å²) in [4.78, 5) is 53.8. The van der Waals surface area contributed by atoms with E-state index in [0.29, 0.717) is 106 Å². The number of allylic oxidation sites excluding steroid dienone is 2. The van der Waals surface area contributed by atoms with Crippen molar-refractivity contribution < 1.29 is 28.7 Å². The maximum atomic E-state index is 12.5. The summed E-state index contributed by atoms with van der Waals surface area (Å²) in [6.45, 7) is 87.7. The van der Waals surface area contributed by atoms with E-state index in [4.69, 9.17) is 9.47 Å². The van der Waals surface area contributed by atoms with Gasteiger partial charge in [-0.2, -0.15) is 0 Å². The van der Waals surface area contributed by atoms with Crippen LogP contribution in [0, 0.1) is 117 Å². The number of benzene rings is 9. The summed E-state index contributed by atoms with van der Waals surface area (Å²) in [6.07, 6.45) is 3.89. The van der Waals surface area contributed by atoms with E-state index in [1.54, 1.807) is 5.56 Å². The topological polar surface area (TPSA) is 98.8 Å². The SMILES string of the molecule is C=C1c2ccccc2NC(C)(C)C1C(C)C.C=C1c2ccccc2OC(C)(C)C1C(C)C.C=C1c2ccccc2SC(C)(C)C1C(C)C.C=C1c2ccccc2SCC1C(C)C.CC(C)C1C(=O)Cc2ccccc2C1(C)C.CC(C)C1C(=O)c2ccccc2CC1(C)C.CC(C)C1CSc2ccccc2C1.CC(C)C1Cc2ccccc2C(=O)C1(C)C.CC(C)C1Oc2ccccc2C(=O)C1(C)C. The van der Waals surface area contributed by atoms with E-state index in [9.17, 15) is 19.2 Å². The Hall–Kier alpha value is -8.93. The van der Waals surface area contributed by atoms with Crippen LogP contribution in [0.2, 0.25) is 0 Å². The lowest BCUT2D eigenvalue weighted by Crippen LogP contribution is -2.47. The highest BCUT2D eigenvalue weighted by Gasteiger charge is 2.50. The van der Waals surface area contributed by atoms with Crippen molar-refractivity contribution in [3.8, 4) is 11.5 Å². The first-order valence-corrected chi connectivity index (χ1v) is 54.6. The van der Waals surface area contributed by atoms with Crippen LogP contribution < -0.4 is 14.8 Å². The molecule has 6 heterocycles. The van der Waals surface area contributed by atoms with Gasteiger partial charge in [0, 0.05) is 106 Å². The molecule has 9 aromatic rings. The Kier molecular flexibility index (Phi) is 37.6. The van der Waals surface area contributed by atoms with Crippen molar-refractivity contribution in [3.63, 3.8) is 0 Å². The van der Waals surface area contributed by atoms with Gasteiger partial charge in [0.2, 0.25) is 0 Å². The Labute approximate surface area is 854 Å². The van der Waals surface area contributed by atoms with Crippen molar-refractivity contribution in [1.29, 1.82) is 0 Å². The minimum Gasteiger partial charge on any atom is -0.488 e. The number of carbonyl (C=O) groups excluding carboxylic acids is 4. The molecule has 746 valence electrons. The van der Waals surface area contributed by atoms with Crippen LogP contribution in [0.3, 0.4) is 0 Å². The third-order valence-corrected chi connectivity index (χ3v) is 34.8. The van der Waals surface area contributed by atoms with Gasteiger partial charge in [-0.3, -0.25) is 19.2 Å². The zero-order valence-electron chi connectivity index (χ0n) is 90.9. The van der Waals surface area contributed by atoms with Crippen LogP contribution in [0.25, 0.3) is 22.3 Å². The minimum atomic E-state index is -0.442. The molecule has 139 heavy (non-hydrogen) atoms. The molecule has 9 unspecified atom stereocenters. The van der Waals surface area contributed by atoms with Gasteiger partial charge in [0.15, 0.2) is 17.3 Å². The molecular weight excluding hydrogens is 1760 g/mol. The Bertz CT molecular complexity index is 5370. The number of carbonyl (C=O) groups is 4. The summed E-state index contributed by atoms with van der Waals surface area (Å²) in [5, 5.41) is 3.64. The summed E-state index contributed by atoms with van der Waals surface area (Å²) < 4.78 is 12.3. The second-order valence-electron chi connectivity index (χ2n) is 47.6. The van der Waals surface area contributed by atoms with Gasteiger partial charge in [-0.25, -0.2) is 0 Å². The fourth-order valence-electron chi connectivity index (χ4n) is 24.9. The van der Waals surface area contributed by atoms with Gasteiger partial charge in [0.1, 0.15) is 29.0 Å². The van der Waals surface area contributed by atoms with E-state index in [1.807, 2.05) is 134 Å². The molecule has 10 heteroatoms. The van der Waals surface area contributed by atoms with Crippen molar-refractivity contribution in [2.24, 2.45) is 117 Å². The highest BCUT2D eigenvalue weighted by molar-refractivity contribution is 8.01. The fraction of sp³-hybridized carbons (Fsp3) is 0.488. The predicted molar refractivity (Wildman–Crippen MR) is 601 cm³/mol. The number of fused-ring (bicyclic) bond motifs is 9. The normalized spacial score (nSPS) is 22.8. The zero-order valence-corrected chi connectivity index (χ0v) is 93.4. The molecule has 0 spiro atoms. The Morgan fingerprint density at radius 2 is 0.784 bits per heavy atom. The van der Waals surface area contributed by atoms with Crippen LogP contribution >= 0.6 is 35.3 Å². The average molecular weight is 1930 g/mol. The number of Topliss-reactive ketones (excluding diaryl/α,β-unsaturated/α-hetero) is 4. The molecule has 7 nitrogen and oxygen atoms in total. The molecule has 6 aliphatic heterocycles. The number of para-hydroxylation sites is 3. The Balaban J connectivity index is 0.000000161. The molecule has 0 aromatic heterocycles. The number of nitrogens with one attached hydrogen (secondary N) is 1. The largest absolute Gasteiger partial charge is 0.488 e. The van der Waals surface area contributed by atoms with Crippen LogP contribution in [0.5, 0.6) is 11.5 Å². The number of hydrogen-bond acceptors (Lipinski definition) is 10. The molecule has 18 rings (SSSR count). The first-order chi connectivity index (χ1) is 65.0. The number of thioether (sulfide) groups is 3. The first-order valence-electron chi connectivity index (χ1n) is 51.8. The maximum Gasteiger partial charge on any atom is 0.175 e. The van der Waals surface area contributed by atoms with Crippen molar-refractivity contribution in [3.05, 3.63) is 311 Å². The van der Waals surface area contributed by atoms with Gasteiger partial charge in [-0.05, 0) is 260 Å². The van der Waals surface area contributed by atoms with Crippen molar-refractivity contribution in [2.45, 2.75) is 289 Å². The molecule has 0 bridgehead atoms. The van der Waals surface area contributed by atoms with Crippen molar-refractivity contribution in [2.75, 3.05) is 16.8 Å². The second kappa shape index (κ2) is 46.6. The van der Waals surface area contributed by atoms with Gasteiger partial charge in [0.25, 0.3) is 0 Å². The van der Waals surface area contributed by atoms with E-state index in [1.165, 1.54) is 105 Å². The van der Waals surface area contributed by atoms with Gasteiger partial charge >= 0.3 is 0 Å². The smallest absolute Gasteiger partial charge is 0.175 e. The predicted octanol–water partition coefficient (Wildman–Crippen LogP) is 35.0. The quantitative estimate of drug-likeness (QED) is 0.150. The van der Waals surface area contributed by atoms with Crippen molar-refractivity contribution in [1.82, 2.24) is 0 Å². The highest BCUT2D eigenvalue weighted by atomic mass is 32.2. The molecule has 9 aliphatic rings. The van der Waals surface area contributed by atoms with Gasteiger partial charge in [-0.1, -0.05) is 368 Å². The summed E-state index contributed by atoms with van der Waals surface area (Å²) in [7, 11) is 0. The number of anilines is 1. The summed E-state index contributed by atoms with van der Waals surface area (Å²) in [6, 6.07) is 74.7. The fourth-order valence-corrected chi connectivity index (χ4v) is 29.3. The molecule has 9 aromatic carbocycles. The molecular formula is C129H171NO6S3. The van der Waals surface area contributed by atoms with E-state index in [2.05, 4.69) is 373 Å². The van der Waals surface area contributed by atoms with Crippen LogP contribution in [0.1, 0.15) is 303 Å². The van der Waals surface area contributed by atoms with Crippen molar-refractivity contribution >= 4 is 86.4 Å². The van der Waals surface area contributed by atoms with Crippen LogP contribution in [-0.2, 0) is 35.9 Å². The van der Waals surface area contributed by atoms with Gasteiger partial charge < -0.3 is 14.8 Å². The molecule has 9 atom stereocenters. The van der Waals surface area contributed by atoms with Crippen LogP contribution in [0.4, 0.5) is 5.69 Å². The lowest BCUT2D eigenvalue weighted by Gasteiger charge is -2.45. The molecule has 0 radical (unpaired) electrons. The van der Waals surface area contributed by atoms with E-state index in [-0.39, 0.29) is 55.9 Å². The van der Waals surface area contributed by atoms with E-state index >= 15 is 0 Å². The molecule has 0 saturated carbocycles. The number of ether oxygens (including phenoxy) is 2. The van der Waals surface area contributed by atoms with E-state index < -0.39 is 5.41 Å². The summed E-state index contributed by atoms with van der Waals surface area (Å²) >= 11 is 5.99. The molecule has 3 aliphatic carbocycles. The number of ketones is 4. The zero-order chi connectivity index (χ0) is 103. The van der Waals surface area contributed by atoms with Crippen LogP contribution in [-0.4, -0.2) is 56.6 Å². The average Bonchev–Trinajstić information content (AvgIpc) is 0.762. The van der Waals surface area contributed by atoms with Gasteiger partial charge in [0.05, 0.1) is 11.0 Å². The lowest BCUT2D eigenvalue weighted by molar-refractivity contribution is -0.126. The van der Waals surface area contributed by atoms with Gasteiger partial charge in [-0.15, -0.1) is 35.3 Å². The monoisotopic (exact) mass is 1930 g/mol. The first kappa shape index (κ1) is 112. The lowest BCUT2D eigenvalue weighted by atomic mass is 9.61. The third kappa shape index (κ3) is 25.8. The third-order valence-electron chi connectivity index (χ3n) is 31.0. The molecule has 0 amide bonds. The highest BCUT2D eigenvalue weighted by Crippen LogP contribution is 2.55. The molecule has 0 saturated heterocycles. The number of hydrogen-bond donors (Lipinski definition) is 1. The summed E-state index contributed by atoms with van der Waals surface area (Å²) in [5.74, 6) is 14.1. The molecule has 0 fully saturated rings. The second-order valence-corrected chi connectivity index (χ2v) is 51.4. The minimum absolute atomic E-state index is 0.0277. The molecule has 1 N–H and O–H groups in total. The maximum absolute atomic E-state index is 12.5. The van der Waals surface area contributed by atoms with Crippen LogP contribution in [0.15, 0.2) is 259 Å².